The van der Waals surface area contributed by atoms with Crippen LogP contribution in [-0.4, -0.2) is 22.2 Å². The van der Waals surface area contributed by atoms with Crippen LogP contribution in [0.5, 0.6) is 5.75 Å². The summed E-state index contributed by atoms with van der Waals surface area (Å²) in [6.07, 6.45) is -0.571. The molecule has 0 fully saturated rings. The summed E-state index contributed by atoms with van der Waals surface area (Å²) in [6, 6.07) is 13.9. The van der Waals surface area contributed by atoms with E-state index >= 15 is 0 Å². The topological polar surface area (TPSA) is 67.0 Å². The van der Waals surface area contributed by atoms with Gasteiger partial charge in [-0.3, -0.25) is 9.89 Å². The normalized spacial score (nSPS) is 12.1. The summed E-state index contributed by atoms with van der Waals surface area (Å²) in [5.41, 5.74) is 2.88. The summed E-state index contributed by atoms with van der Waals surface area (Å²) >= 11 is 0. The van der Waals surface area contributed by atoms with Crippen LogP contribution in [0.2, 0.25) is 0 Å². The summed E-state index contributed by atoms with van der Waals surface area (Å²) in [7, 11) is 0. The lowest BCUT2D eigenvalue weighted by Crippen LogP contribution is -2.36. The number of fused-ring (bicyclic) bond motifs is 1. The molecule has 1 atom stereocenters. The molecule has 24 heavy (non-hydrogen) atoms. The van der Waals surface area contributed by atoms with Crippen LogP contribution in [0.4, 0.5) is 0 Å². The van der Waals surface area contributed by atoms with Crippen LogP contribution in [0.1, 0.15) is 23.9 Å². The number of hydrogen-bond acceptors (Lipinski definition) is 3. The second-order valence-corrected chi connectivity index (χ2v) is 5.90. The molecule has 0 radical (unpaired) electrons. The smallest absolute Gasteiger partial charge is 0.261 e. The van der Waals surface area contributed by atoms with E-state index in [1.807, 2.05) is 56.3 Å². The van der Waals surface area contributed by atoms with Gasteiger partial charge in [0.1, 0.15) is 5.75 Å². The number of aromatic amines is 1. The Morgan fingerprint density at radius 3 is 2.67 bits per heavy atom. The van der Waals surface area contributed by atoms with Crippen LogP contribution >= 0.6 is 0 Å². The van der Waals surface area contributed by atoms with Gasteiger partial charge >= 0.3 is 0 Å². The predicted octanol–water partition coefficient (Wildman–Crippen LogP) is 3.26. The Bertz CT molecular complexity index is 850. The first-order chi connectivity index (χ1) is 11.5. The summed E-state index contributed by atoms with van der Waals surface area (Å²) in [5, 5.41) is 12.2. The largest absolute Gasteiger partial charge is 0.481 e. The molecule has 1 aromatic heterocycles. The van der Waals surface area contributed by atoms with Crippen LogP contribution < -0.4 is 10.1 Å². The minimum atomic E-state index is -0.571. The molecule has 3 rings (SSSR count). The van der Waals surface area contributed by atoms with Crippen LogP contribution in [-0.2, 0) is 11.3 Å². The number of nitrogens with zero attached hydrogens (tertiary/aromatic N) is 1. The number of benzene rings is 2. The van der Waals surface area contributed by atoms with Crippen molar-refractivity contribution in [3.8, 4) is 5.75 Å². The first-order valence-electron chi connectivity index (χ1n) is 7.98. The van der Waals surface area contributed by atoms with Gasteiger partial charge in [0, 0.05) is 17.8 Å². The molecule has 124 valence electrons. The quantitative estimate of drug-likeness (QED) is 0.757. The van der Waals surface area contributed by atoms with Gasteiger partial charge < -0.3 is 10.1 Å². The number of hydrogen-bond donors (Lipinski definition) is 2. The molecule has 3 aromatic rings. The fourth-order valence-electron chi connectivity index (χ4n) is 2.65. The highest BCUT2D eigenvalue weighted by Gasteiger charge is 2.16. The van der Waals surface area contributed by atoms with Crippen molar-refractivity contribution in [1.29, 1.82) is 0 Å². The standard InChI is InChI=1S/C19H21N3O2/c1-12-18(13(2)22-21-12)11-20-19(23)14(3)24-17-9-8-15-6-4-5-7-16(15)10-17/h4-10,14H,11H2,1-3H3,(H,20,23)(H,21,22)/t14-/m0/s1. The van der Waals surface area contributed by atoms with Gasteiger partial charge in [-0.1, -0.05) is 30.3 Å². The Hall–Kier alpha value is -2.82. The number of carbonyl (C=O) groups is 1. The predicted molar refractivity (Wildman–Crippen MR) is 93.9 cm³/mol. The summed E-state index contributed by atoms with van der Waals surface area (Å²) in [5.74, 6) is 0.537. The lowest BCUT2D eigenvalue weighted by Gasteiger charge is -2.15. The minimum absolute atomic E-state index is 0.150. The van der Waals surface area contributed by atoms with Crippen molar-refractivity contribution in [2.45, 2.75) is 33.4 Å². The highest BCUT2D eigenvalue weighted by Crippen LogP contribution is 2.21. The fraction of sp³-hybridized carbons (Fsp3) is 0.263. The zero-order valence-electron chi connectivity index (χ0n) is 14.1. The third-order valence-corrected chi connectivity index (χ3v) is 4.12. The van der Waals surface area contributed by atoms with Crippen molar-refractivity contribution in [2.24, 2.45) is 0 Å². The molecule has 5 heteroatoms. The molecule has 0 bridgehead atoms. The van der Waals surface area contributed by atoms with Crippen molar-refractivity contribution in [3.63, 3.8) is 0 Å². The van der Waals surface area contributed by atoms with E-state index in [0.29, 0.717) is 12.3 Å². The van der Waals surface area contributed by atoms with Crippen molar-refractivity contribution >= 4 is 16.7 Å². The number of amides is 1. The molecule has 2 aromatic carbocycles. The number of carbonyl (C=O) groups excluding carboxylic acids is 1. The molecule has 0 saturated heterocycles. The van der Waals surface area contributed by atoms with Gasteiger partial charge in [0.25, 0.3) is 5.91 Å². The zero-order chi connectivity index (χ0) is 17.1. The monoisotopic (exact) mass is 323 g/mol. The molecule has 0 aliphatic rings. The van der Waals surface area contributed by atoms with Crippen molar-refractivity contribution < 1.29 is 9.53 Å². The molecule has 0 spiro atoms. The van der Waals surface area contributed by atoms with Crippen molar-refractivity contribution in [2.75, 3.05) is 0 Å². The van der Waals surface area contributed by atoms with E-state index in [1.54, 1.807) is 6.92 Å². The van der Waals surface area contributed by atoms with E-state index in [2.05, 4.69) is 15.5 Å². The number of aromatic nitrogens is 2. The molecule has 0 saturated carbocycles. The molecule has 0 aliphatic carbocycles. The second kappa shape index (κ2) is 6.74. The maximum atomic E-state index is 12.3. The number of ether oxygens (including phenoxy) is 1. The van der Waals surface area contributed by atoms with Crippen LogP contribution in [0, 0.1) is 13.8 Å². The van der Waals surface area contributed by atoms with Gasteiger partial charge in [0.05, 0.1) is 5.69 Å². The summed E-state index contributed by atoms with van der Waals surface area (Å²) in [4.78, 5) is 12.3. The maximum Gasteiger partial charge on any atom is 0.261 e. The second-order valence-electron chi connectivity index (χ2n) is 5.90. The Balaban J connectivity index is 1.62. The Labute approximate surface area is 141 Å². The third-order valence-electron chi connectivity index (χ3n) is 4.12. The van der Waals surface area contributed by atoms with E-state index in [0.717, 1.165) is 27.7 Å². The number of H-pyrrole nitrogens is 1. The van der Waals surface area contributed by atoms with Crippen LogP contribution in [0.3, 0.4) is 0 Å². The molecule has 1 amide bonds. The van der Waals surface area contributed by atoms with Gasteiger partial charge in [-0.15, -0.1) is 0 Å². The Morgan fingerprint density at radius 2 is 1.96 bits per heavy atom. The SMILES string of the molecule is Cc1n[nH]c(C)c1CNC(=O)[C@H](C)Oc1ccc2ccccc2c1. The molecule has 0 unspecified atom stereocenters. The minimum Gasteiger partial charge on any atom is -0.481 e. The first kappa shape index (κ1) is 16.1. The summed E-state index contributed by atoms with van der Waals surface area (Å²) in [6.45, 7) is 6.05. The maximum absolute atomic E-state index is 12.3. The van der Waals surface area contributed by atoms with E-state index in [9.17, 15) is 4.79 Å². The van der Waals surface area contributed by atoms with Crippen LogP contribution in [0.25, 0.3) is 10.8 Å². The van der Waals surface area contributed by atoms with Gasteiger partial charge in [-0.05, 0) is 43.7 Å². The molecule has 0 aliphatic heterocycles. The van der Waals surface area contributed by atoms with Gasteiger partial charge in [0.2, 0.25) is 0 Å². The first-order valence-corrected chi connectivity index (χ1v) is 7.98. The van der Waals surface area contributed by atoms with Crippen LogP contribution in [0.15, 0.2) is 42.5 Å². The lowest BCUT2D eigenvalue weighted by molar-refractivity contribution is -0.127. The number of aryl methyl sites for hydroxylation is 2. The van der Waals surface area contributed by atoms with E-state index in [-0.39, 0.29) is 5.91 Å². The molecule has 2 N–H and O–H groups in total. The van der Waals surface area contributed by atoms with E-state index in [1.165, 1.54) is 0 Å². The third kappa shape index (κ3) is 3.40. The average Bonchev–Trinajstić information content (AvgIpc) is 2.90. The Kier molecular flexibility index (Phi) is 4.51. The van der Waals surface area contributed by atoms with E-state index in [4.69, 9.17) is 4.74 Å². The summed E-state index contributed by atoms with van der Waals surface area (Å²) < 4.78 is 5.78. The molecule has 5 nitrogen and oxygen atoms in total. The average molecular weight is 323 g/mol. The number of nitrogens with one attached hydrogen (secondary N) is 2. The highest BCUT2D eigenvalue weighted by molar-refractivity contribution is 5.84. The number of rotatable bonds is 5. The van der Waals surface area contributed by atoms with Gasteiger partial charge in [-0.2, -0.15) is 5.10 Å². The fourth-order valence-corrected chi connectivity index (χ4v) is 2.65. The highest BCUT2D eigenvalue weighted by atomic mass is 16.5. The molecular formula is C19H21N3O2. The molecular weight excluding hydrogens is 302 g/mol. The Morgan fingerprint density at radius 1 is 1.21 bits per heavy atom. The van der Waals surface area contributed by atoms with Gasteiger partial charge in [-0.25, -0.2) is 0 Å². The van der Waals surface area contributed by atoms with E-state index < -0.39 is 6.10 Å². The van der Waals surface area contributed by atoms with Crippen molar-refractivity contribution in [3.05, 3.63) is 59.4 Å². The van der Waals surface area contributed by atoms with Gasteiger partial charge in [0.15, 0.2) is 6.10 Å². The molecule has 1 heterocycles. The van der Waals surface area contributed by atoms with Crippen molar-refractivity contribution in [1.82, 2.24) is 15.5 Å². The lowest BCUT2D eigenvalue weighted by atomic mass is 10.1. The zero-order valence-corrected chi connectivity index (χ0v) is 14.1.